The maximum Gasteiger partial charge on any atom is 0.328 e. The molecule has 2 aliphatic rings. The highest BCUT2D eigenvalue weighted by atomic mass is 19.1. The Morgan fingerprint density at radius 2 is 1.72 bits per heavy atom. The maximum absolute atomic E-state index is 13.4. The SMILES string of the molecule is O=c1[nH]c2cc(F)ccc2c(=O)n1CCN1CC2CC(c3ccc(F)cc3)C2C1. The normalized spacial score (nSPS) is 23.9. The number of nitrogens with zero attached hydrogens (tertiary/aromatic N) is 2. The first-order valence-electron chi connectivity index (χ1n) is 9.90. The lowest BCUT2D eigenvalue weighted by Gasteiger charge is -2.40. The number of halogens is 2. The zero-order valence-corrected chi connectivity index (χ0v) is 15.8. The number of hydrogen-bond donors (Lipinski definition) is 1. The molecule has 3 unspecified atom stereocenters. The molecule has 1 aliphatic carbocycles. The van der Waals surface area contributed by atoms with Gasteiger partial charge in [-0.1, -0.05) is 12.1 Å². The number of fused-ring (bicyclic) bond motifs is 2. The predicted octanol–water partition coefficient (Wildman–Crippen LogP) is 2.70. The van der Waals surface area contributed by atoms with E-state index in [1.807, 2.05) is 12.1 Å². The second-order valence-corrected chi connectivity index (χ2v) is 8.15. The Balaban J connectivity index is 1.28. The molecule has 7 heteroatoms. The monoisotopic (exact) mass is 397 g/mol. The minimum Gasteiger partial charge on any atom is -0.307 e. The maximum atomic E-state index is 13.4. The van der Waals surface area contributed by atoms with Gasteiger partial charge in [-0.15, -0.1) is 0 Å². The molecule has 2 fully saturated rings. The van der Waals surface area contributed by atoms with Crippen molar-refractivity contribution in [2.45, 2.75) is 18.9 Å². The summed E-state index contributed by atoms with van der Waals surface area (Å²) in [6.45, 7) is 2.77. The van der Waals surface area contributed by atoms with Crippen molar-refractivity contribution in [3.05, 3.63) is 80.5 Å². The number of aromatic nitrogens is 2. The minimum absolute atomic E-state index is 0.216. The van der Waals surface area contributed by atoms with E-state index in [-0.39, 0.29) is 11.3 Å². The summed E-state index contributed by atoms with van der Waals surface area (Å²) >= 11 is 0. The van der Waals surface area contributed by atoms with E-state index in [2.05, 4.69) is 9.88 Å². The Hall–Kier alpha value is -2.80. The van der Waals surface area contributed by atoms with Crippen molar-refractivity contribution < 1.29 is 8.78 Å². The van der Waals surface area contributed by atoms with Crippen molar-refractivity contribution in [2.24, 2.45) is 11.8 Å². The molecule has 3 aromatic rings. The fourth-order valence-corrected chi connectivity index (χ4v) is 4.95. The van der Waals surface area contributed by atoms with Crippen LogP contribution < -0.4 is 11.2 Å². The van der Waals surface area contributed by atoms with Crippen molar-refractivity contribution in [1.82, 2.24) is 14.5 Å². The van der Waals surface area contributed by atoms with Gasteiger partial charge in [0.05, 0.1) is 10.9 Å². The first-order chi connectivity index (χ1) is 14.0. The molecule has 5 rings (SSSR count). The lowest BCUT2D eigenvalue weighted by atomic mass is 9.64. The highest BCUT2D eigenvalue weighted by Crippen LogP contribution is 2.51. The van der Waals surface area contributed by atoms with Gasteiger partial charge < -0.3 is 9.88 Å². The second-order valence-electron chi connectivity index (χ2n) is 8.15. The minimum atomic E-state index is -0.514. The van der Waals surface area contributed by atoms with Crippen LogP contribution in [0.2, 0.25) is 0 Å². The Bertz CT molecular complexity index is 1190. The van der Waals surface area contributed by atoms with Crippen LogP contribution in [-0.2, 0) is 6.54 Å². The summed E-state index contributed by atoms with van der Waals surface area (Å²) in [7, 11) is 0. The first kappa shape index (κ1) is 18.2. The average Bonchev–Trinajstić information content (AvgIpc) is 2.99. The molecule has 0 radical (unpaired) electrons. The summed E-state index contributed by atoms with van der Waals surface area (Å²) in [6, 6.07) is 10.6. The van der Waals surface area contributed by atoms with Gasteiger partial charge in [-0.2, -0.15) is 0 Å². The number of aromatic amines is 1. The summed E-state index contributed by atoms with van der Waals surface area (Å²) in [5.74, 6) is 0.891. The van der Waals surface area contributed by atoms with Crippen LogP contribution in [0.1, 0.15) is 17.9 Å². The van der Waals surface area contributed by atoms with E-state index in [9.17, 15) is 18.4 Å². The molecule has 1 saturated heterocycles. The molecule has 1 aliphatic heterocycles. The van der Waals surface area contributed by atoms with Crippen molar-refractivity contribution >= 4 is 10.9 Å². The lowest BCUT2D eigenvalue weighted by Crippen LogP contribution is -2.38. The van der Waals surface area contributed by atoms with Gasteiger partial charge in [0, 0.05) is 26.2 Å². The summed E-state index contributed by atoms with van der Waals surface area (Å²) in [5, 5.41) is 0.309. The molecule has 150 valence electrons. The molecular formula is C22H21F2N3O2. The van der Waals surface area contributed by atoms with Crippen LogP contribution in [-0.4, -0.2) is 34.1 Å². The molecule has 0 spiro atoms. The van der Waals surface area contributed by atoms with Gasteiger partial charge in [-0.3, -0.25) is 9.36 Å². The van der Waals surface area contributed by atoms with Gasteiger partial charge in [0.15, 0.2) is 0 Å². The highest BCUT2D eigenvalue weighted by molar-refractivity contribution is 5.77. The molecule has 5 nitrogen and oxygen atoms in total. The number of rotatable bonds is 4. The van der Waals surface area contributed by atoms with E-state index >= 15 is 0 Å². The Kier molecular flexibility index (Phi) is 4.35. The van der Waals surface area contributed by atoms with E-state index in [1.54, 1.807) is 0 Å². The zero-order valence-electron chi connectivity index (χ0n) is 15.8. The molecule has 1 aromatic heterocycles. The number of likely N-dealkylation sites (tertiary alicyclic amines) is 1. The molecule has 1 N–H and O–H groups in total. The third-order valence-corrected chi connectivity index (χ3v) is 6.52. The Morgan fingerprint density at radius 1 is 0.966 bits per heavy atom. The van der Waals surface area contributed by atoms with E-state index in [0.29, 0.717) is 36.2 Å². The summed E-state index contributed by atoms with van der Waals surface area (Å²) < 4.78 is 27.7. The van der Waals surface area contributed by atoms with Gasteiger partial charge >= 0.3 is 5.69 Å². The molecule has 0 bridgehead atoms. The summed E-state index contributed by atoms with van der Waals surface area (Å²) in [4.78, 5) is 29.8. The Morgan fingerprint density at radius 3 is 2.52 bits per heavy atom. The molecule has 2 heterocycles. The average molecular weight is 397 g/mol. The van der Waals surface area contributed by atoms with Crippen LogP contribution in [0.25, 0.3) is 10.9 Å². The van der Waals surface area contributed by atoms with Crippen LogP contribution >= 0.6 is 0 Å². The largest absolute Gasteiger partial charge is 0.328 e. The number of H-pyrrole nitrogens is 1. The lowest BCUT2D eigenvalue weighted by molar-refractivity contribution is 0.191. The van der Waals surface area contributed by atoms with E-state index in [4.69, 9.17) is 0 Å². The fourth-order valence-electron chi connectivity index (χ4n) is 4.95. The molecule has 1 saturated carbocycles. The van der Waals surface area contributed by atoms with E-state index in [1.165, 1.54) is 34.4 Å². The van der Waals surface area contributed by atoms with E-state index in [0.717, 1.165) is 25.6 Å². The van der Waals surface area contributed by atoms with Crippen molar-refractivity contribution in [3.8, 4) is 0 Å². The van der Waals surface area contributed by atoms with Crippen LogP contribution in [0.4, 0.5) is 8.78 Å². The van der Waals surface area contributed by atoms with Crippen molar-refractivity contribution in [1.29, 1.82) is 0 Å². The molecule has 29 heavy (non-hydrogen) atoms. The van der Waals surface area contributed by atoms with Gasteiger partial charge in [0.25, 0.3) is 5.56 Å². The van der Waals surface area contributed by atoms with Crippen LogP contribution in [0.5, 0.6) is 0 Å². The van der Waals surface area contributed by atoms with Gasteiger partial charge in [-0.25, -0.2) is 13.6 Å². The molecular weight excluding hydrogens is 376 g/mol. The van der Waals surface area contributed by atoms with E-state index < -0.39 is 17.1 Å². The standard InChI is InChI=1S/C22H21F2N3O2/c23-15-3-1-13(2-4-15)18-9-14-11-26(12-19(14)18)7-8-27-21(28)17-6-5-16(24)10-20(17)25-22(27)29/h1-6,10,14,18-19H,7-9,11-12H2,(H,25,29). The molecule has 2 aromatic carbocycles. The van der Waals surface area contributed by atoms with Crippen LogP contribution in [0.15, 0.2) is 52.1 Å². The van der Waals surface area contributed by atoms with Crippen LogP contribution in [0.3, 0.4) is 0 Å². The quantitative estimate of drug-likeness (QED) is 0.737. The second kappa shape index (κ2) is 6.91. The number of nitrogens with one attached hydrogen (secondary N) is 1. The third kappa shape index (κ3) is 3.19. The van der Waals surface area contributed by atoms with Crippen molar-refractivity contribution in [3.63, 3.8) is 0 Å². The first-order valence-corrected chi connectivity index (χ1v) is 9.90. The molecule has 3 atom stereocenters. The number of benzene rings is 2. The van der Waals surface area contributed by atoms with Gasteiger partial charge in [-0.05, 0) is 60.1 Å². The Labute approximate surface area is 165 Å². The highest BCUT2D eigenvalue weighted by Gasteiger charge is 2.47. The predicted molar refractivity (Wildman–Crippen MR) is 106 cm³/mol. The van der Waals surface area contributed by atoms with Gasteiger partial charge in [0.2, 0.25) is 0 Å². The topological polar surface area (TPSA) is 58.1 Å². The van der Waals surface area contributed by atoms with Gasteiger partial charge in [0.1, 0.15) is 11.6 Å². The summed E-state index contributed by atoms with van der Waals surface area (Å²) in [6.07, 6.45) is 1.09. The zero-order chi connectivity index (χ0) is 20.1. The van der Waals surface area contributed by atoms with Crippen molar-refractivity contribution in [2.75, 3.05) is 19.6 Å². The van der Waals surface area contributed by atoms with Crippen LogP contribution in [0, 0.1) is 23.5 Å². The number of hydrogen-bond acceptors (Lipinski definition) is 3. The summed E-state index contributed by atoms with van der Waals surface area (Å²) in [5.41, 5.74) is 0.496. The fraction of sp³-hybridized carbons (Fsp3) is 0.364. The third-order valence-electron chi connectivity index (χ3n) is 6.52. The smallest absolute Gasteiger partial charge is 0.307 e. The molecule has 0 amide bonds.